The molecule has 9 heteroatoms. The number of thiophene rings is 1. The number of hydrogen-bond acceptors (Lipinski definition) is 6. The van der Waals surface area contributed by atoms with Gasteiger partial charge in [-0.1, -0.05) is 66.2 Å². The molecule has 2 aliphatic heterocycles. The summed E-state index contributed by atoms with van der Waals surface area (Å²) in [5.74, 6) is -1.72. The molecule has 2 fully saturated rings. The molecule has 6 rings (SSSR count). The number of ketones is 1. The molecule has 5 atom stereocenters. The first-order chi connectivity index (χ1) is 21.5. The average molecular weight is 629 g/mol. The van der Waals surface area contributed by atoms with Crippen LogP contribution in [0.25, 0.3) is 0 Å². The minimum Gasteiger partial charge on any atom is -0.497 e. The Kier molecular flexibility index (Phi) is 9.12. The lowest BCUT2D eigenvalue weighted by Crippen LogP contribution is -2.50. The number of halogens is 1. The third kappa shape index (κ3) is 6.02. The molecule has 3 aromatic carbocycles. The zero-order valence-corrected chi connectivity index (χ0v) is 25.8. The Bertz CT molecular complexity index is 1610. The Labute approximate surface area is 265 Å². The van der Waals surface area contributed by atoms with Crippen LogP contribution in [0.15, 0.2) is 96.4 Å². The molecular formula is C35H33ClN2O5S. The highest BCUT2D eigenvalue weighted by atomic mass is 35.5. The summed E-state index contributed by atoms with van der Waals surface area (Å²) in [6, 6.07) is 25.5. The van der Waals surface area contributed by atoms with Crippen LogP contribution in [0.5, 0.6) is 5.75 Å². The van der Waals surface area contributed by atoms with E-state index in [1.165, 1.54) is 11.3 Å². The summed E-state index contributed by atoms with van der Waals surface area (Å²) >= 11 is 7.65. The molecule has 5 unspecified atom stereocenters. The molecule has 2 aliphatic rings. The summed E-state index contributed by atoms with van der Waals surface area (Å²) in [6.45, 7) is 0.981. The number of benzene rings is 3. The van der Waals surface area contributed by atoms with E-state index in [4.69, 9.17) is 21.1 Å². The molecule has 0 aliphatic carbocycles. The zero-order valence-electron chi connectivity index (χ0n) is 24.2. The number of carbonyl (C=O) groups excluding carboxylic acids is 3. The molecule has 1 aromatic heterocycles. The van der Waals surface area contributed by atoms with Crippen molar-refractivity contribution >= 4 is 40.5 Å². The van der Waals surface area contributed by atoms with Gasteiger partial charge in [-0.2, -0.15) is 0 Å². The van der Waals surface area contributed by atoms with Crippen LogP contribution in [-0.2, 0) is 9.53 Å². The highest BCUT2D eigenvalue weighted by Crippen LogP contribution is 2.52. The van der Waals surface area contributed by atoms with Crippen molar-refractivity contribution < 1.29 is 23.9 Å². The number of amides is 2. The first-order valence-corrected chi connectivity index (χ1v) is 16.0. The Morgan fingerprint density at radius 3 is 2.45 bits per heavy atom. The maximum atomic E-state index is 14.7. The molecule has 44 heavy (non-hydrogen) atoms. The number of methoxy groups -OCH3 is 1. The molecule has 0 saturated carbocycles. The summed E-state index contributed by atoms with van der Waals surface area (Å²) in [6.07, 6.45) is 1.69. The number of nitrogens with one attached hydrogen (secondary N) is 1. The minimum absolute atomic E-state index is 0.0923. The van der Waals surface area contributed by atoms with Gasteiger partial charge in [0.2, 0.25) is 5.91 Å². The Hall–Kier alpha value is -3.98. The second-order valence-corrected chi connectivity index (χ2v) is 12.5. The SMILES string of the molecule is COc1cccc(C(=O)N2C(C(=O)NCC3CCCO3)C(c3ccc(Cl)cc3)C(C(=O)c3cccs3)C2c2ccccc2)c1. The van der Waals surface area contributed by atoms with Crippen molar-refractivity contribution in [3.05, 3.63) is 123 Å². The number of Topliss-reactive ketones (excluding diaryl/α,β-unsaturated/α-hetero) is 1. The maximum absolute atomic E-state index is 14.7. The number of nitrogens with zero attached hydrogens (tertiary/aromatic N) is 1. The van der Waals surface area contributed by atoms with Crippen LogP contribution in [0.3, 0.4) is 0 Å². The molecule has 1 N–H and O–H groups in total. The number of hydrogen-bond donors (Lipinski definition) is 1. The lowest BCUT2D eigenvalue weighted by molar-refractivity contribution is -0.126. The van der Waals surface area contributed by atoms with Crippen molar-refractivity contribution in [1.29, 1.82) is 0 Å². The van der Waals surface area contributed by atoms with E-state index in [-0.39, 0.29) is 23.7 Å². The molecule has 0 spiro atoms. The standard InChI is InChI=1S/C35H33ClN2O5S/c1-42-26-11-5-10-24(20-26)35(41)38-31(23-8-3-2-4-9-23)30(33(39)28-13-7-19-44-28)29(22-14-16-25(36)17-15-22)32(38)34(40)37-21-27-12-6-18-43-27/h2-5,7-11,13-17,19-20,27,29-32H,6,12,18,21H2,1H3,(H,37,40). The molecule has 0 radical (unpaired) electrons. The van der Waals surface area contributed by atoms with Gasteiger partial charge in [-0.25, -0.2) is 0 Å². The van der Waals surface area contributed by atoms with E-state index in [1.807, 2.05) is 53.9 Å². The Morgan fingerprint density at radius 2 is 1.77 bits per heavy atom. The first kappa shape index (κ1) is 30.1. The van der Waals surface area contributed by atoms with Gasteiger partial charge in [0.25, 0.3) is 5.91 Å². The van der Waals surface area contributed by atoms with E-state index in [9.17, 15) is 14.4 Å². The molecule has 3 heterocycles. The van der Waals surface area contributed by atoms with Crippen LogP contribution >= 0.6 is 22.9 Å². The predicted molar refractivity (Wildman–Crippen MR) is 170 cm³/mol. The number of rotatable bonds is 9. The van der Waals surface area contributed by atoms with Crippen molar-refractivity contribution in [2.75, 3.05) is 20.3 Å². The topological polar surface area (TPSA) is 84.9 Å². The normalized spacial score (nSPS) is 23.0. The summed E-state index contributed by atoms with van der Waals surface area (Å²) in [4.78, 5) is 45.9. The van der Waals surface area contributed by atoms with Gasteiger partial charge < -0.3 is 19.7 Å². The average Bonchev–Trinajstić information content (AvgIpc) is 3.85. The fraction of sp³-hybridized carbons (Fsp3) is 0.286. The molecule has 2 saturated heterocycles. The second-order valence-electron chi connectivity index (χ2n) is 11.1. The van der Waals surface area contributed by atoms with Crippen molar-refractivity contribution in [3.8, 4) is 5.75 Å². The van der Waals surface area contributed by atoms with Crippen molar-refractivity contribution in [3.63, 3.8) is 0 Å². The summed E-state index contributed by atoms with van der Waals surface area (Å²) in [5, 5.41) is 5.49. The molecular weight excluding hydrogens is 596 g/mol. The molecule has 0 bridgehead atoms. The van der Waals surface area contributed by atoms with Gasteiger partial charge in [-0.15, -0.1) is 11.3 Å². The molecule has 226 valence electrons. The van der Waals surface area contributed by atoms with Crippen LogP contribution in [0.2, 0.25) is 5.02 Å². The maximum Gasteiger partial charge on any atom is 0.255 e. The van der Waals surface area contributed by atoms with Crippen molar-refractivity contribution in [2.45, 2.75) is 36.9 Å². The highest BCUT2D eigenvalue weighted by molar-refractivity contribution is 7.12. The van der Waals surface area contributed by atoms with Crippen LogP contribution in [0, 0.1) is 5.92 Å². The van der Waals surface area contributed by atoms with Gasteiger partial charge in [0.05, 0.1) is 30.1 Å². The van der Waals surface area contributed by atoms with E-state index in [2.05, 4.69) is 5.32 Å². The quantitative estimate of drug-likeness (QED) is 0.212. The van der Waals surface area contributed by atoms with Crippen LogP contribution in [-0.4, -0.2) is 54.9 Å². The van der Waals surface area contributed by atoms with E-state index < -0.39 is 23.9 Å². The summed E-state index contributed by atoms with van der Waals surface area (Å²) < 4.78 is 11.2. The number of likely N-dealkylation sites (tertiary alicyclic amines) is 1. The van der Waals surface area contributed by atoms with Gasteiger partial charge >= 0.3 is 0 Å². The fourth-order valence-corrected chi connectivity index (χ4v) is 7.30. The zero-order chi connectivity index (χ0) is 30.6. The van der Waals surface area contributed by atoms with Crippen molar-refractivity contribution in [2.24, 2.45) is 5.92 Å². The van der Waals surface area contributed by atoms with E-state index in [0.29, 0.717) is 34.4 Å². The number of carbonyl (C=O) groups is 3. The van der Waals surface area contributed by atoms with Crippen LogP contribution < -0.4 is 10.1 Å². The van der Waals surface area contributed by atoms with Crippen LogP contribution in [0.1, 0.15) is 56.0 Å². The third-order valence-electron chi connectivity index (χ3n) is 8.48. The van der Waals surface area contributed by atoms with Crippen molar-refractivity contribution in [1.82, 2.24) is 10.2 Å². The fourth-order valence-electron chi connectivity index (χ4n) is 6.47. The van der Waals surface area contributed by atoms with Gasteiger partial charge in [0.15, 0.2) is 5.78 Å². The molecule has 2 amide bonds. The Balaban J connectivity index is 1.54. The van der Waals surface area contributed by atoms with Gasteiger partial charge in [-0.05, 0) is 65.7 Å². The lowest BCUT2D eigenvalue weighted by Gasteiger charge is -2.32. The van der Waals surface area contributed by atoms with E-state index in [0.717, 1.165) is 24.0 Å². The van der Waals surface area contributed by atoms with Gasteiger partial charge in [-0.3, -0.25) is 14.4 Å². The first-order valence-electron chi connectivity index (χ1n) is 14.7. The van der Waals surface area contributed by atoms with Gasteiger partial charge in [0.1, 0.15) is 11.8 Å². The largest absolute Gasteiger partial charge is 0.497 e. The monoisotopic (exact) mass is 628 g/mol. The summed E-state index contributed by atoms with van der Waals surface area (Å²) in [7, 11) is 1.54. The van der Waals surface area contributed by atoms with E-state index >= 15 is 0 Å². The third-order valence-corrected chi connectivity index (χ3v) is 9.61. The number of ether oxygens (including phenoxy) is 2. The smallest absolute Gasteiger partial charge is 0.255 e. The van der Waals surface area contributed by atoms with E-state index in [1.54, 1.807) is 54.5 Å². The minimum atomic E-state index is -1.00. The predicted octanol–water partition coefficient (Wildman–Crippen LogP) is 6.55. The second kappa shape index (κ2) is 13.3. The van der Waals surface area contributed by atoms with Crippen LogP contribution in [0.4, 0.5) is 0 Å². The highest BCUT2D eigenvalue weighted by Gasteiger charge is 2.57. The lowest BCUT2D eigenvalue weighted by atomic mass is 9.77. The molecule has 4 aromatic rings. The van der Waals surface area contributed by atoms with Gasteiger partial charge in [0, 0.05) is 29.7 Å². The Morgan fingerprint density at radius 1 is 0.977 bits per heavy atom. The summed E-state index contributed by atoms with van der Waals surface area (Å²) in [5.41, 5.74) is 1.89. The molecule has 7 nitrogen and oxygen atoms in total.